The van der Waals surface area contributed by atoms with Crippen LogP contribution in [0.2, 0.25) is 0 Å². The van der Waals surface area contributed by atoms with E-state index in [0.29, 0.717) is 30.5 Å². The van der Waals surface area contributed by atoms with E-state index in [-0.39, 0.29) is 0 Å². The lowest BCUT2D eigenvalue weighted by Crippen LogP contribution is -2.37. The highest BCUT2D eigenvalue weighted by molar-refractivity contribution is 5.31. The first-order chi connectivity index (χ1) is 12.1. The van der Waals surface area contributed by atoms with Gasteiger partial charge >= 0.3 is 0 Å². The van der Waals surface area contributed by atoms with Gasteiger partial charge in [0.25, 0.3) is 0 Å². The Bertz CT molecular complexity index is 776. The summed E-state index contributed by atoms with van der Waals surface area (Å²) in [4.78, 5) is 6.34. The highest BCUT2D eigenvalue weighted by Gasteiger charge is 2.21. The summed E-state index contributed by atoms with van der Waals surface area (Å²) >= 11 is 0. The molecule has 0 saturated carbocycles. The van der Waals surface area contributed by atoms with Gasteiger partial charge in [-0.3, -0.25) is 4.90 Å². The van der Waals surface area contributed by atoms with E-state index in [1.54, 1.807) is 24.4 Å². The van der Waals surface area contributed by atoms with E-state index in [4.69, 9.17) is 10.00 Å². The Hall–Kier alpha value is -2.52. The fourth-order valence-electron chi connectivity index (χ4n) is 3.09. The van der Waals surface area contributed by atoms with Crippen LogP contribution in [0.1, 0.15) is 24.0 Å². The number of hydrogen-bond acceptors (Lipinski definition) is 4. The SMILES string of the molecule is N#Cc1ccnc(OCC2CCCN(Cc3ccc(F)c(F)c3)C2)c1. The van der Waals surface area contributed by atoms with Crippen molar-refractivity contribution < 1.29 is 13.5 Å². The molecule has 1 atom stereocenters. The first-order valence-corrected chi connectivity index (χ1v) is 8.29. The summed E-state index contributed by atoms with van der Waals surface area (Å²) in [5, 5.41) is 8.90. The van der Waals surface area contributed by atoms with Crippen LogP contribution in [-0.2, 0) is 6.54 Å². The van der Waals surface area contributed by atoms with E-state index >= 15 is 0 Å². The predicted octanol–water partition coefficient (Wildman–Crippen LogP) is 3.52. The molecule has 130 valence electrons. The van der Waals surface area contributed by atoms with Gasteiger partial charge in [0.2, 0.25) is 5.88 Å². The van der Waals surface area contributed by atoms with E-state index in [1.165, 1.54) is 12.1 Å². The maximum absolute atomic E-state index is 13.3. The van der Waals surface area contributed by atoms with Gasteiger partial charge in [0.15, 0.2) is 11.6 Å². The summed E-state index contributed by atoms with van der Waals surface area (Å²) < 4.78 is 32.1. The average molecular weight is 343 g/mol. The number of ether oxygens (including phenoxy) is 1. The smallest absolute Gasteiger partial charge is 0.214 e. The number of likely N-dealkylation sites (tertiary alicyclic amines) is 1. The molecule has 1 aromatic heterocycles. The normalized spacial score (nSPS) is 17.9. The molecule has 6 heteroatoms. The molecule has 0 aliphatic carbocycles. The molecule has 0 amide bonds. The third-order valence-corrected chi connectivity index (χ3v) is 4.32. The Morgan fingerprint density at radius 1 is 1.24 bits per heavy atom. The minimum Gasteiger partial charge on any atom is -0.477 e. The van der Waals surface area contributed by atoms with Crippen LogP contribution < -0.4 is 4.74 Å². The molecule has 4 nitrogen and oxygen atoms in total. The lowest BCUT2D eigenvalue weighted by atomic mass is 9.98. The monoisotopic (exact) mass is 343 g/mol. The molecule has 2 heterocycles. The van der Waals surface area contributed by atoms with Crippen LogP contribution in [0, 0.1) is 28.9 Å². The fourth-order valence-corrected chi connectivity index (χ4v) is 3.09. The largest absolute Gasteiger partial charge is 0.477 e. The van der Waals surface area contributed by atoms with E-state index in [0.717, 1.165) is 31.5 Å². The van der Waals surface area contributed by atoms with Gasteiger partial charge < -0.3 is 4.74 Å². The summed E-state index contributed by atoms with van der Waals surface area (Å²) in [6.07, 6.45) is 3.64. The number of piperidine rings is 1. The molecule has 1 unspecified atom stereocenters. The van der Waals surface area contributed by atoms with Gasteiger partial charge in [0.1, 0.15) is 0 Å². The van der Waals surface area contributed by atoms with Gasteiger partial charge in [-0.25, -0.2) is 13.8 Å². The van der Waals surface area contributed by atoms with Crippen molar-refractivity contribution in [1.82, 2.24) is 9.88 Å². The molecule has 1 aromatic carbocycles. The third-order valence-electron chi connectivity index (χ3n) is 4.32. The fraction of sp³-hybridized carbons (Fsp3) is 0.368. The van der Waals surface area contributed by atoms with Crippen LogP contribution in [0.25, 0.3) is 0 Å². The second kappa shape index (κ2) is 8.04. The Balaban J connectivity index is 1.54. The standard InChI is InChI=1S/C19H19F2N3O/c20-17-4-3-15(8-18(17)21)11-24-7-1-2-16(12-24)13-25-19-9-14(10-22)5-6-23-19/h3-6,8-9,16H,1-2,7,11-13H2. The number of hydrogen-bond donors (Lipinski definition) is 0. The van der Waals surface area contributed by atoms with E-state index in [1.807, 2.05) is 0 Å². The summed E-state index contributed by atoms with van der Waals surface area (Å²) in [5.74, 6) is -0.832. The zero-order chi connectivity index (χ0) is 17.6. The topological polar surface area (TPSA) is 49.1 Å². The Morgan fingerprint density at radius 3 is 2.92 bits per heavy atom. The zero-order valence-electron chi connectivity index (χ0n) is 13.8. The van der Waals surface area contributed by atoms with Crippen LogP contribution in [0.4, 0.5) is 8.78 Å². The minimum absolute atomic E-state index is 0.339. The second-order valence-corrected chi connectivity index (χ2v) is 6.30. The molecule has 0 N–H and O–H groups in total. The van der Waals surface area contributed by atoms with Crippen molar-refractivity contribution in [3.05, 3.63) is 59.3 Å². The molecular weight excluding hydrogens is 324 g/mol. The number of nitrogens with zero attached hydrogens (tertiary/aromatic N) is 3. The van der Waals surface area contributed by atoms with Crippen molar-refractivity contribution >= 4 is 0 Å². The zero-order valence-corrected chi connectivity index (χ0v) is 13.8. The number of halogens is 2. The summed E-state index contributed by atoms with van der Waals surface area (Å²) in [5.41, 5.74) is 1.29. The molecule has 1 saturated heterocycles. The molecule has 0 bridgehead atoms. The number of rotatable bonds is 5. The number of nitriles is 1. The maximum Gasteiger partial charge on any atom is 0.214 e. The Morgan fingerprint density at radius 2 is 2.12 bits per heavy atom. The Labute approximate surface area is 145 Å². The molecular formula is C19H19F2N3O. The molecule has 1 aliphatic heterocycles. The van der Waals surface area contributed by atoms with E-state index < -0.39 is 11.6 Å². The Kier molecular flexibility index (Phi) is 5.56. The lowest BCUT2D eigenvalue weighted by molar-refractivity contribution is 0.123. The van der Waals surface area contributed by atoms with Crippen LogP contribution >= 0.6 is 0 Å². The van der Waals surface area contributed by atoms with Gasteiger partial charge in [0, 0.05) is 31.3 Å². The number of benzene rings is 1. The summed E-state index contributed by atoms with van der Waals surface area (Å²) in [7, 11) is 0. The van der Waals surface area contributed by atoms with Crippen LogP contribution in [-0.4, -0.2) is 29.6 Å². The van der Waals surface area contributed by atoms with E-state index in [2.05, 4.69) is 16.0 Å². The molecule has 0 spiro atoms. The first-order valence-electron chi connectivity index (χ1n) is 8.29. The first kappa shape index (κ1) is 17.3. The van der Waals surface area contributed by atoms with Crippen LogP contribution in [0.15, 0.2) is 36.5 Å². The quantitative estimate of drug-likeness (QED) is 0.833. The van der Waals surface area contributed by atoms with Crippen molar-refractivity contribution in [2.45, 2.75) is 19.4 Å². The molecule has 1 aliphatic rings. The molecule has 1 fully saturated rings. The summed E-state index contributed by atoms with van der Waals surface area (Å²) in [6, 6.07) is 9.37. The minimum atomic E-state index is -0.819. The maximum atomic E-state index is 13.3. The predicted molar refractivity (Wildman–Crippen MR) is 88.8 cm³/mol. The second-order valence-electron chi connectivity index (χ2n) is 6.30. The van der Waals surface area contributed by atoms with Crippen molar-refractivity contribution in [3.63, 3.8) is 0 Å². The molecule has 2 aromatic rings. The number of pyridine rings is 1. The van der Waals surface area contributed by atoms with Gasteiger partial charge in [-0.15, -0.1) is 0 Å². The van der Waals surface area contributed by atoms with Gasteiger partial charge in [-0.2, -0.15) is 5.26 Å². The summed E-state index contributed by atoms with van der Waals surface area (Å²) in [6.45, 7) is 2.88. The van der Waals surface area contributed by atoms with Gasteiger partial charge in [0.05, 0.1) is 18.2 Å². The van der Waals surface area contributed by atoms with Crippen LogP contribution in [0.5, 0.6) is 5.88 Å². The number of aromatic nitrogens is 1. The van der Waals surface area contributed by atoms with Crippen molar-refractivity contribution in [1.29, 1.82) is 5.26 Å². The van der Waals surface area contributed by atoms with Gasteiger partial charge in [-0.1, -0.05) is 6.07 Å². The van der Waals surface area contributed by atoms with E-state index in [9.17, 15) is 8.78 Å². The highest BCUT2D eigenvalue weighted by atomic mass is 19.2. The molecule has 0 radical (unpaired) electrons. The molecule has 3 rings (SSSR count). The lowest BCUT2D eigenvalue weighted by Gasteiger charge is -2.32. The van der Waals surface area contributed by atoms with Crippen LogP contribution in [0.3, 0.4) is 0 Å². The van der Waals surface area contributed by atoms with Gasteiger partial charge in [-0.05, 0) is 43.1 Å². The van der Waals surface area contributed by atoms with Crippen molar-refractivity contribution in [2.24, 2.45) is 5.92 Å². The van der Waals surface area contributed by atoms with Crippen molar-refractivity contribution in [2.75, 3.05) is 19.7 Å². The molecule has 25 heavy (non-hydrogen) atoms. The highest BCUT2D eigenvalue weighted by Crippen LogP contribution is 2.20. The average Bonchev–Trinajstić information content (AvgIpc) is 2.64. The van der Waals surface area contributed by atoms with Crippen molar-refractivity contribution in [3.8, 4) is 11.9 Å². The third kappa shape index (κ3) is 4.74.